The van der Waals surface area contributed by atoms with Crippen LogP contribution in [-0.4, -0.2) is 25.5 Å². The summed E-state index contributed by atoms with van der Waals surface area (Å²) in [4.78, 5) is 23.8. The minimum Gasteiger partial charge on any atom is -0.497 e. The lowest BCUT2D eigenvalue weighted by molar-refractivity contribution is -0.124. The van der Waals surface area contributed by atoms with E-state index in [4.69, 9.17) is 9.47 Å². The van der Waals surface area contributed by atoms with Gasteiger partial charge < -0.3 is 20.2 Å². The van der Waals surface area contributed by atoms with Gasteiger partial charge in [0.1, 0.15) is 11.5 Å². The molecule has 0 aliphatic rings. The predicted molar refractivity (Wildman–Crippen MR) is 106 cm³/mol. The first kappa shape index (κ1) is 20.3. The first-order valence-electron chi connectivity index (χ1n) is 8.03. The third kappa shape index (κ3) is 7.02. The lowest BCUT2D eigenvalue weighted by Crippen LogP contribution is -2.39. The van der Waals surface area contributed by atoms with Gasteiger partial charge in [-0.3, -0.25) is 15.0 Å². The number of nitrogens with one attached hydrogen (secondary N) is 3. The van der Waals surface area contributed by atoms with Crippen molar-refractivity contribution in [2.75, 3.05) is 19.0 Å². The molecule has 2 rings (SSSR count). The molecular formula is C19H20BrN3O4. The fourth-order valence-electron chi connectivity index (χ4n) is 1.99. The molecule has 0 aliphatic heterocycles. The second-order valence-corrected chi connectivity index (χ2v) is 6.29. The Labute approximate surface area is 165 Å². The maximum Gasteiger partial charge on any atom is 0.276 e. The molecule has 0 spiro atoms. The number of carbonyl (C=O) groups is 2. The van der Waals surface area contributed by atoms with Gasteiger partial charge >= 0.3 is 0 Å². The Morgan fingerprint density at radius 2 is 1.70 bits per heavy atom. The van der Waals surface area contributed by atoms with E-state index in [0.717, 1.165) is 4.47 Å². The molecule has 0 aliphatic carbocycles. The highest BCUT2D eigenvalue weighted by molar-refractivity contribution is 9.10. The number of hydrazine groups is 1. The minimum absolute atomic E-state index is 0.171. The molecule has 0 radical (unpaired) electrons. The fraction of sp³-hybridized carbons (Fsp3) is 0.158. The molecule has 142 valence electrons. The van der Waals surface area contributed by atoms with Crippen LogP contribution < -0.4 is 25.6 Å². The second kappa shape index (κ2) is 10.2. The Morgan fingerprint density at radius 1 is 1.04 bits per heavy atom. The van der Waals surface area contributed by atoms with Crippen LogP contribution in [0.2, 0.25) is 0 Å². The highest BCUT2D eigenvalue weighted by Gasteiger charge is 2.05. The summed E-state index contributed by atoms with van der Waals surface area (Å²) < 4.78 is 11.2. The molecule has 2 amide bonds. The van der Waals surface area contributed by atoms with Crippen molar-refractivity contribution >= 4 is 33.4 Å². The Kier molecular flexibility index (Phi) is 7.69. The van der Waals surface area contributed by atoms with Gasteiger partial charge in [0.25, 0.3) is 5.91 Å². The Hall–Kier alpha value is -3.00. The molecule has 2 aromatic carbocycles. The topological polar surface area (TPSA) is 88.7 Å². The quantitative estimate of drug-likeness (QED) is 0.439. The number of allylic oxidation sites excluding steroid dienone is 1. The van der Waals surface area contributed by atoms with Gasteiger partial charge in [0.2, 0.25) is 5.91 Å². The van der Waals surface area contributed by atoms with Gasteiger partial charge in [0.05, 0.1) is 12.8 Å². The molecule has 0 heterocycles. The summed E-state index contributed by atoms with van der Waals surface area (Å²) in [6.07, 6.45) is 1.34. The van der Waals surface area contributed by atoms with E-state index >= 15 is 0 Å². The number of methoxy groups -OCH3 is 1. The van der Waals surface area contributed by atoms with E-state index in [1.807, 2.05) is 18.2 Å². The second-order valence-electron chi connectivity index (χ2n) is 5.43. The van der Waals surface area contributed by atoms with Gasteiger partial charge in [-0.15, -0.1) is 0 Å². The Bertz CT molecular complexity index is 822. The maximum atomic E-state index is 12.0. The van der Waals surface area contributed by atoms with Gasteiger partial charge in [-0.25, -0.2) is 0 Å². The summed E-state index contributed by atoms with van der Waals surface area (Å²) in [5.41, 5.74) is 6.24. The molecule has 7 nitrogen and oxygen atoms in total. The zero-order chi connectivity index (χ0) is 19.6. The van der Waals surface area contributed by atoms with Crippen LogP contribution in [0.4, 0.5) is 5.69 Å². The first-order chi connectivity index (χ1) is 13.0. The van der Waals surface area contributed by atoms with Gasteiger partial charge in [0, 0.05) is 16.2 Å². The minimum atomic E-state index is -0.384. The SMILES string of the molecule is COc1ccc(OCC(=O)NNC(C)=CC(=O)Nc2ccccc2Br)cc1. The number of hydrogen-bond donors (Lipinski definition) is 3. The summed E-state index contributed by atoms with van der Waals surface area (Å²) in [7, 11) is 1.57. The number of benzene rings is 2. The molecule has 8 heteroatoms. The average Bonchev–Trinajstić information content (AvgIpc) is 2.67. The summed E-state index contributed by atoms with van der Waals surface area (Å²) in [6, 6.07) is 14.2. The summed E-state index contributed by atoms with van der Waals surface area (Å²) in [5, 5.41) is 2.73. The monoisotopic (exact) mass is 433 g/mol. The third-order valence-corrected chi connectivity index (χ3v) is 4.00. The highest BCUT2D eigenvalue weighted by atomic mass is 79.9. The number of ether oxygens (including phenoxy) is 2. The van der Waals surface area contributed by atoms with E-state index in [-0.39, 0.29) is 18.4 Å². The number of carbonyl (C=O) groups excluding carboxylic acids is 2. The van der Waals surface area contributed by atoms with Crippen LogP contribution in [0.25, 0.3) is 0 Å². The molecule has 0 atom stereocenters. The lowest BCUT2D eigenvalue weighted by Gasteiger charge is -2.10. The van der Waals surface area contributed by atoms with E-state index in [2.05, 4.69) is 32.1 Å². The van der Waals surface area contributed by atoms with Crippen molar-refractivity contribution in [3.05, 3.63) is 64.8 Å². The summed E-state index contributed by atoms with van der Waals surface area (Å²) in [5.74, 6) is 0.543. The van der Waals surface area contributed by atoms with E-state index in [0.29, 0.717) is 22.9 Å². The number of para-hydroxylation sites is 1. The highest BCUT2D eigenvalue weighted by Crippen LogP contribution is 2.21. The molecule has 0 bridgehead atoms. The van der Waals surface area contributed by atoms with Crippen LogP contribution >= 0.6 is 15.9 Å². The van der Waals surface area contributed by atoms with Crippen molar-refractivity contribution in [3.8, 4) is 11.5 Å². The zero-order valence-corrected chi connectivity index (χ0v) is 16.5. The van der Waals surface area contributed by atoms with Crippen molar-refractivity contribution in [1.82, 2.24) is 10.9 Å². The fourth-order valence-corrected chi connectivity index (χ4v) is 2.37. The molecule has 3 N–H and O–H groups in total. The average molecular weight is 434 g/mol. The van der Waals surface area contributed by atoms with Crippen molar-refractivity contribution < 1.29 is 19.1 Å². The molecule has 2 aromatic rings. The summed E-state index contributed by atoms with van der Waals surface area (Å²) >= 11 is 3.36. The number of rotatable bonds is 8. The van der Waals surface area contributed by atoms with Gasteiger partial charge in [-0.2, -0.15) is 0 Å². The Morgan fingerprint density at radius 3 is 2.37 bits per heavy atom. The Balaban J connectivity index is 1.75. The normalized spacial score (nSPS) is 10.7. The molecule has 0 unspecified atom stereocenters. The van der Waals surface area contributed by atoms with E-state index in [1.165, 1.54) is 6.08 Å². The van der Waals surface area contributed by atoms with Gasteiger partial charge in [-0.1, -0.05) is 12.1 Å². The number of halogens is 1. The van der Waals surface area contributed by atoms with Crippen LogP contribution in [0.1, 0.15) is 6.92 Å². The molecule has 0 aromatic heterocycles. The largest absolute Gasteiger partial charge is 0.497 e. The molecule has 27 heavy (non-hydrogen) atoms. The maximum absolute atomic E-state index is 12.0. The first-order valence-corrected chi connectivity index (χ1v) is 8.83. The van der Waals surface area contributed by atoms with Crippen LogP contribution in [0.15, 0.2) is 64.8 Å². The lowest BCUT2D eigenvalue weighted by atomic mass is 10.3. The van der Waals surface area contributed by atoms with Crippen LogP contribution in [0.5, 0.6) is 11.5 Å². The molecule has 0 fully saturated rings. The van der Waals surface area contributed by atoms with E-state index < -0.39 is 0 Å². The number of hydrogen-bond acceptors (Lipinski definition) is 5. The third-order valence-electron chi connectivity index (χ3n) is 3.31. The van der Waals surface area contributed by atoms with Crippen molar-refractivity contribution in [3.63, 3.8) is 0 Å². The van der Waals surface area contributed by atoms with Crippen molar-refractivity contribution in [2.24, 2.45) is 0 Å². The van der Waals surface area contributed by atoms with Crippen molar-refractivity contribution in [2.45, 2.75) is 6.92 Å². The zero-order valence-electron chi connectivity index (χ0n) is 14.9. The van der Waals surface area contributed by atoms with E-state index in [1.54, 1.807) is 44.4 Å². The summed E-state index contributed by atoms with van der Waals surface area (Å²) in [6.45, 7) is 1.49. The molecule has 0 saturated heterocycles. The van der Waals surface area contributed by atoms with Crippen LogP contribution in [0, 0.1) is 0 Å². The number of anilines is 1. The van der Waals surface area contributed by atoms with Gasteiger partial charge in [0.15, 0.2) is 6.61 Å². The predicted octanol–water partition coefficient (Wildman–Crippen LogP) is 3.00. The molecule has 0 saturated carbocycles. The van der Waals surface area contributed by atoms with Crippen LogP contribution in [-0.2, 0) is 9.59 Å². The molecular weight excluding hydrogens is 414 g/mol. The number of amides is 2. The standard InChI is InChI=1S/C19H20BrN3O4/c1-13(11-18(24)21-17-6-4-3-5-16(17)20)22-23-19(25)12-27-15-9-7-14(26-2)8-10-15/h3-11,22H,12H2,1-2H3,(H,21,24)(H,23,25). The smallest absolute Gasteiger partial charge is 0.276 e. The van der Waals surface area contributed by atoms with Gasteiger partial charge in [-0.05, 0) is 59.3 Å². The van der Waals surface area contributed by atoms with Crippen LogP contribution in [0.3, 0.4) is 0 Å². The van der Waals surface area contributed by atoms with E-state index in [9.17, 15) is 9.59 Å². The van der Waals surface area contributed by atoms with Crippen molar-refractivity contribution in [1.29, 1.82) is 0 Å².